The first-order chi connectivity index (χ1) is 13.6. The van der Waals surface area contributed by atoms with Gasteiger partial charge < -0.3 is 10.6 Å². The van der Waals surface area contributed by atoms with Crippen molar-refractivity contribution >= 4 is 5.96 Å². The average molecular weight is 396 g/mol. The average Bonchev–Trinajstić information content (AvgIpc) is 2.67. The molecular formula is C25H53N3. The van der Waals surface area contributed by atoms with Crippen LogP contribution in [-0.2, 0) is 0 Å². The molecule has 0 saturated heterocycles. The highest BCUT2D eigenvalue weighted by molar-refractivity contribution is 5.74. The fourth-order valence-corrected chi connectivity index (χ4v) is 4.08. The largest absolute Gasteiger partial charge is 0.370 e. The van der Waals surface area contributed by atoms with Gasteiger partial charge in [-0.2, -0.15) is 0 Å². The minimum absolute atomic E-state index is 0.265. The summed E-state index contributed by atoms with van der Waals surface area (Å²) in [5.74, 6) is 0.265. The van der Waals surface area contributed by atoms with E-state index in [2.05, 4.69) is 25.7 Å². The van der Waals surface area contributed by atoms with Crippen LogP contribution in [0.1, 0.15) is 143 Å². The van der Waals surface area contributed by atoms with Gasteiger partial charge in [-0.1, -0.05) is 123 Å². The second-order valence-corrected chi connectivity index (χ2v) is 8.87. The van der Waals surface area contributed by atoms with Gasteiger partial charge in [-0.25, -0.2) is 0 Å². The maximum atomic E-state index is 7.91. The minimum Gasteiger partial charge on any atom is -0.370 e. The molecule has 0 aromatic heterocycles. The van der Waals surface area contributed by atoms with Crippen LogP contribution in [0.4, 0.5) is 0 Å². The van der Waals surface area contributed by atoms with Crippen LogP contribution < -0.4 is 5.73 Å². The van der Waals surface area contributed by atoms with Crippen molar-refractivity contribution in [2.75, 3.05) is 6.54 Å². The van der Waals surface area contributed by atoms with E-state index in [1.54, 1.807) is 0 Å². The van der Waals surface area contributed by atoms with Crippen molar-refractivity contribution < 1.29 is 0 Å². The summed E-state index contributed by atoms with van der Waals surface area (Å²) in [6.07, 6.45) is 25.7. The Labute approximate surface area is 177 Å². The molecule has 1 unspecified atom stereocenters. The lowest BCUT2D eigenvalue weighted by molar-refractivity contribution is 0.294. The number of nitrogens with zero attached hydrogens (tertiary/aromatic N) is 1. The molecule has 0 fully saturated rings. The first-order valence-electron chi connectivity index (χ1n) is 12.7. The Kier molecular flexibility index (Phi) is 20.4. The lowest BCUT2D eigenvalue weighted by Gasteiger charge is -2.29. The summed E-state index contributed by atoms with van der Waals surface area (Å²) in [6.45, 7) is 7.76. The SMILES string of the molecule is CCCCCCCCCCCCCCN(C(=N)N)C(C)CCCCCCCC. The molecule has 28 heavy (non-hydrogen) atoms. The van der Waals surface area contributed by atoms with E-state index in [1.807, 2.05) is 0 Å². The number of nitrogens with one attached hydrogen (secondary N) is 1. The maximum Gasteiger partial charge on any atom is 0.188 e. The molecule has 0 aromatic carbocycles. The molecule has 0 aliphatic rings. The van der Waals surface area contributed by atoms with E-state index in [1.165, 1.54) is 122 Å². The number of hydrogen-bond acceptors (Lipinski definition) is 1. The molecule has 0 aliphatic carbocycles. The fraction of sp³-hybridized carbons (Fsp3) is 0.960. The topological polar surface area (TPSA) is 53.1 Å². The van der Waals surface area contributed by atoms with E-state index in [9.17, 15) is 0 Å². The molecule has 3 heteroatoms. The van der Waals surface area contributed by atoms with Gasteiger partial charge in [0, 0.05) is 12.6 Å². The predicted molar refractivity (Wildman–Crippen MR) is 127 cm³/mol. The van der Waals surface area contributed by atoms with Crippen molar-refractivity contribution in [2.24, 2.45) is 5.73 Å². The normalized spacial score (nSPS) is 12.2. The first-order valence-corrected chi connectivity index (χ1v) is 12.7. The van der Waals surface area contributed by atoms with Gasteiger partial charge in [-0.15, -0.1) is 0 Å². The Morgan fingerprint density at radius 2 is 1.00 bits per heavy atom. The Hall–Kier alpha value is -0.730. The van der Waals surface area contributed by atoms with Gasteiger partial charge >= 0.3 is 0 Å². The molecule has 0 aromatic rings. The Balaban J connectivity index is 3.61. The molecular weight excluding hydrogens is 342 g/mol. The third-order valence-corrected chi connectivity index (χ3v) is 6.07. The van der Waals surface area contributed by atoms with Crippen molar-refractivity contribution in [3.63, 3.8) is 0 Å². The lowest BCUT2D eigenvalue weighted by Crippen LogP contribution is -2.43. The Morgan fingerprint density at radius 3 is 1.39 bits per heavy atom. The number of rotatable bonds is 21. The quantitative estimate of drug-likeness (QED) is 0.117. The van der Waals surface area contributed by atoms with E-state index in [-0.39, 0.29) is 5.96 Å². The smallest absolute Gasteiger partial charge is 0.188 e. The van der Waals surface area contributed by atoms with Crippen LogP contribution in [0.25, 0.3) is 0 Å². The van der Waals surface area contributed by atoms with Crippen LogP contribution >= 0.6 is 0 Å². The molecule has 0 radical (unpaired) electrons. The van der Waals surface area contributed by atoms with E-state index in [0.717, 1.165) is 6.54 Å². The molecule has 0 saturated carbocycles. The summed E-state index contributed by atoms with van der Waals surface area (Å²) in [4.78, 5) is 2.13. The fourth-order valence-electron chi connectivity index (χ4n) is 4.08. The van der Waals surface area contributed by atoms with Crippen molar-refractivity contribution in [3.8, 4) is 0 Å². The van der Waals surface area contributed by atoms with Gasteiger partial charge in [0.25, 0.3) is 0 Å². The van der Waals surface area contributed by atoms with Gasteiger partial charge in [0.15, 0.2) is 5.96 Å². The van der Waals surface area contributed by atoms with Gasteiger partial charge in [-0.05, 0) is 19.8 Å². The molecule has 0 aliphatic heterocycles. The molecule has 0 rings (SSSR count). The van der Waals surface area contributed by atoms with Crippen molar-refractivity contribution in [3.05, 3.63) is 0 Å². The van der Waals surface area contributed by atoms with Crippen molar-refractivity contribution in [1.82, 2.24) is 4.90 Å². The monoisotopic (exact) mass is 395 g/mol. The number of unbranched alkanes of at least 4 members (excludes halogenated alkanes) is 16. The van der Waals surface area contributed by atoms with Crippen molar-refractivity contribution in [2.45, 2.75) is 149 Å². The zero-order chi connectivity index (χ0) is 20.9. The number of guanidine groups is 1. The highest BCUT2D eigenvalue weighted by atomic mass is 15.2. The van der Waals surface area contributed by atoms with E-state index < -0.39 is 0 Å². The maximum absolute atomic E-state index is 7.91. The van der Waals surface area contributed by atoms with Gasteiger partial charge in [0.05, 0.1) is 0 Å². The number of nitrogens with two attached hydrogens (primary N) is 1. The van der Waals surface area contributed by atoms with Gasteiger partial charge in [0.2, 0.25) is 0 Å². The predicted octanol–water partition coefficient (Wildman–Crippen LogP) is 8.02. The van der Waals surface area contributed by atoms with Crippen molar-refractivity contribution in [1.29, 1.82) is 5.41 Å². The summed E-state index contributed by atoms with van der Waals surface area (Å²) in [7, 11) is 0. The molecule has 0 amide bonds. The number of hydrogen-bond donors (Lipinski definition) is 2. The van der Waals surface area contributed by atoms with Crippen LogP contribution in [0, 0.1) is 5.41 Å². The van der Waals surface area contributed by atoms with Crippen LogP contribution in [0.15, 0.2) is 0 Å². The minimum atomic E-state index is 0.265. The third kappa shape index (κ3) is 17.4. The van der Waals surface area contributed by atoms with E-state index >= 15 is 0 Å². The summed E-state index contributed by atoms with van der Waals surface area (Å²) in [6, 6.07) is 0.413. The highest BCUT2D eigenvalue weighted by Crippen LogP contribution is 2.15. The molecule has 0 bridgehead atoms. The van der Waals surface area contributed by atoms with Gasteiger partial charge in [0.1, 0.15) is 0 Å². The van der Waals surface area contributed by atoms with Crippen LogP contribution in [0.5, 0.6) is 0 Å². The highest BCUT2D eigenvalue weighted by Gasteiger charge is 2.14. The molecule has 3 N–H and O–H groups in total. The Morgan fingerprint density at radius 1 is 0.643 bits per heavy atom. The molecule has 0 heterocycles. The van der Waals surface area contributed by atoms with Crippen LogP contribution in [0.3, 0.4) is 0 Å². The second kappa shape index (κ2) is 21.0. The lowest BCUT2D eigenvalue weighted by atomic mass is 10.0. The first kappa shape index (κ1) is 27.3. The molecule has 3 nitrogen and oxygen atoms in total. The third-order valence-electron chi connectivity index (χ3n) is 6.07. The molecule has 0 spiro atoms. The van der Waals surface area contributed by atoms with E-state index in [4.69, 9.17) is 11.1 Å². The summed E-state index contributed by atoms with van der Waals surface area (Å²) in [5, 5.41) is 7.91. The van der Waals surface area contributed by atoms with Crippen LogP contribution in [0.2, 0.25) is 0 Å². The summed E-state index contributed by atoms with van der Waals surface area (Å²) < 4.78 is 0. The molecule has 1 atom stereocenters. The standard InChI is InChI=1S/C25H53N3/c1-4-6-8-10-12-13-14-15-16-17-19-21-23-28(25(26)27)24(3)22-20-18-11-9-7-5-2/h24H,4-23H2,1-3H3,(H3,26,27). The van der Waals surface area contributed by atoms with E-state index in [0.29, 0.717) is 6.04 Å². The molecule has 168 valence electrons. The Bertz CT molecular complexity index is 330. The zero-order valence-electron chi connectivity index (χ0n) is 19.7. The second-order valence-electron chi connectivity index (χ2n) is 8.87. The zero-order valence-corrected chi connectivity index (χ0v) is 19.7. The summed E-state index contributed by atoms with van der Waals surface area (Å²) >= 11 is 0. The summed E-state index contributed by atoms with van der Waals surface area (Å²) in [5.41, 5.74) is 5.86. The van der Waals surface area contributed by atoms with Gasteiger partial charge in [-0.3, -0.25) is 5.41 Å². The van der Waals surface area contributed by atoms with Crippen LogP contribution in [-0.4, -0.2) is 23.4 Å².